The number of hydrogen-bond acceptors (Lipinski definition) is 6. The lowest BCUT2D eigenvalue weighted by Gasteiger charge is -2.49. The van der Waals surface area contributed by atoms with Gasteiger partial charge in [-0.1, -0.05) is 47.5 Å². The molecule has 0 bridgehead atoms. The Bertz CT molecular complexity index is 827. The van der Waals surface area contributed by atoms with E-state index in [1.807, 2.05) is 24.3 Å². The van der Waals surface area contributed by atoms with Gasteiger partial charge >= 0.3 is 0 Å². The van der Waals surface area contributed by atoms with Crippen molar-refractivity contribution in [1.29, 1.82) is 0 Å². The highest BCUT2D eigenvalue weighted by atomic mass is 35.5. The quantitative estimate of drug-likeness (QED) is 0.703. The van der Waals surface area contributed by atoms with Crippen molar-refractivity contribution in [1.82, 2.24) is 0 Å². The largest absolute Gasteiger partial charge is 0.387 e. The van der Waals surface area contributed by atoms with Gasteiger partial charge in [0, 0.05) is 17.2 Å². The molecular weight excluding hydrogens is 443 g/mol. The first-order valence-corrected chi connectivity index (χ1v) is 10.9. The molecule has 0 saturated carbocycles. The Hall–Kier alpha value is -1.22. The van der Waals surface area contributed by atoms with E-state index in [0.29, 0.717) is 16.7 Å². The topological polar surface area (TPSA) is 66.4 Å². The summed E-state index contributed by atoms with van der Waals surface area (Å²) in [7, 11) is 1.52. The van der Waals surface area contributed by atoms with Crippen LogP contribution in [0.2, 0.25) is 10.0 Å². The van der Waals surface area contributed by atoms with Crippen LogP contribution in [-0.2, 0) is 23.7 Å². The number of hydrogen-bond donors (Lipinski definition) is 1. The van der Waals surface area contributed by atoms with E-state index in [-0.39, 0.29) is 0 Å². The Labute approximate surface area is 191 Å². The first-order valence-electron chi connectivity index (χ1n) is 10.1. The lowest BCUT2D eigenvalue weighted by Crippen LogP contribution is -2.65. The predicted octanol–water partition coefficient (Wildman–Crippen LogP) is 4.35. The number of aliphatic hydroxyl groups excluding tert-OH is 1. The van der Waals surface area contributed by atoms with Crippen molar-refractivity contribution in [3.05, 3.63) is 69.7 Å². The smallest absolute Gasteiger partial charge is 0.186 e. The zero-order valence-electron chi connectivity index (χ0n) is 17.5. The Balaban J connectivity index is 1.65. The van der Waals surface area contributed by atoms with E-state index in [9.17, 15) is 5.11 Å². The SMILES string of the molecule is CO[C@H]1O[C@@H]2COC(C)(C)O[C@H]2[C@H](O)[C@@H]1OC(c1ccc(Cl)cc1)c1ccc(Cl)cc1. The number of benzene rings is 2. The van der Waals surface area contributed by atoms with Crippen molar-refractivity contribution in [2.24, 2.45) is 0 Å². The van der Waals surface area contributed by atoms with Gasteiger partial charge in [-0.3, -0.25) is 0 Å². The molecule has 6 nitrogen and oxygen atoms in total. The lowest BCUT2D eigenvalue weighted by atomic mass is 9.95. The molecule has 31 heavy (non-hydrogen) atoms. The van der Waals surface area contributed by atoms with Gasteiger partial charge in [0.1, 0.15) is 30.5 Å². The van der Waals surface area contributed by atoms with Crippen molar-refractivity contribution >= 4 is 23.2 Å². The van der Waals surface area contributed by atoms with Crippen LogP contribution in [-0.4, -0.2) is 55.3 Å². The van der Waals surface area contributed by atoms with Crippen LogP contribution in [0.15, 0.2) is 48.5 Å². The lowest BCUT2D eigenvalue weighted by molar-refractivity contribution is -0.385. The summed E-state index contributed by atoms with van der Waals surface area (Å²) in [6, 6.07) is 14.7. The Kier molecular flexibility index (Phi) is 6.91. The van der Waals surface area contributed by atoms with E-state index >= 15 is 0 Å². The third-order valence-corrected chi connectivity index (χ3v) is 6.01. The standard InChI is InChI=1S/C23H26Cl2O6/c1-23(2)28-12-17-20(31-23)18(26)21(22(27-3)29-17)30-19(13-4-8-15(24)9-5-13)14-6-10-16(25)11-7-14/h4-11,17-22,26H,12H2,1-3H3/t17-,18+,20-,21+,22+/m1/s1. The fraction of sp³-hybridized carbons (Fsp3) is 0.478. The van der Waals surface area contributed by atoms with Crippen LogP contribution in [0.5, 0.6) is 0 Å². The van der Waals surface area contributed by atoms with E-state index in [1.165, 1.54) is 7.11 Å². The second-order valence-corrected chi connectivity index (χ2v) is 9.02. The van der Waals surface area contributed by atoms with E-state index < -0.39 is 42.6 Å². The molecule has 2 saturated heterocycles. The number of aliphatic hydroxyl groups is 1. The molecular formula is C23H26Cl2O6. The van der Waals surface area contributed by atoms with Crippen LogP contribution in [0.1, 0.15) is 31.1 Å². The summed E-state index contributed by atoms with van der Waals surface area (Å²) in [4.78, 5) is 0. The minimum Gasteiger partial charge on any atom is -0.387 e. The van der Waals surface area contributed by atoms with Crippen LogP contribution in [0.3, 0.4) is 0 Å². The number of ether oxygens (including phenoxy) is 5. The maximum atomic E-state index is 11.2. The molecule has 8 heteroatoms. The fourth-order valence-electron chi connectivity index (χ4n) is 3.94. The third-order valence-electron chi connectivity index (χ3n) is 5.50. The van der Waals surface area contributed by atoms with Gasteiger partial charge in [0.25, 0.3) is 0 Å². The summed E-state index contributed by atoms with van der Waals surface area (Å²) in [5.41, 5.74) is 1.73. The summed E-state index contributed by atoms with van der Waals surface area (Å²) in [6.45, 7) is 3.90. The van der Waals surface area contributed by atoms with Crippen molar-refractivity contribution < 1.29 is 28.8 Å². The zero-order valence-corrected chi connectivity index (χ0v) is 19.0. The van der Waals surface area contributed by atoms with Gasteiger partial charge < -0.3 is 28.8 Å². The monoisotopic (exact) mass is 468 g/mol. The normalized spacial score (nSPS) is 30.2. The molecule has 2 fully saturated rings. The average molecular weight is 469 g/mol. The Morgan fingerprint density at radius 3 is 2.06 bits per heavy atom. The highest BCUT2D eigenvalue weighted by Gasteiger charge is 2.52. The molecule has 0 unspecified atom stereocenters. The minimum absolute atomic E-state index is 0.291. The van der Waals surface area contributed by atoms with Gasteiger partial charge in [-0.2, -0.15) is 0 Å². The van der Waals surface area contributed by atoms with Crippen LogP contribution in [0, 0.1) is 0 Å². The second-order valence-electron chi connectivity index (χ2n) is 8.15. The first kappa shape index (κ1) is 23.0. The van der Waals surface area contributed by atoms with Gasteiger partial charge in [0.15, 0.2) is 12.1 Å². The number of halogens is 2. The summed E-state index contributed by atoms with van der Waals surface area (Å²) >= 11 is 12.2. The molecule has 2 heterocycles. The third kappa shape index (κ3) is 5.07. The highest BCUT2D eigenvalue weighted by molar-refractivity contribution is 6.30. The summed E-state index contributed by atoms with van der Waals surface area (Å²) in [5, 5.41) is 12.5. The first-order chi connectivity index (χ1) is 14.8. The predicted molar refractivity (Wildman–Crippen MR) is 116 cm³/mol. The van der Waals surface area contributed by atoms with Gasteiger partial charge in [-0.25, -0.2) is 0 Å². The number of fused-ring (bicyclic) bond motifs is 1. The number of rotatable bonds is 5. The second kappa shape index (κ2) is 9.33. The fourth-order valence-corrected chi connectivity index (χ4v) is 4.19. The van der Waals surface area contributed by atoms with Crippen LogP contribution in [0.4, 0.5) is 0 Å². The molecule has 2 aliphatic rings. The highest BCUT2D eigenvalue weighted by Crippen LogP contribution is 2.37. The molecule has 2 aliphatic heterocycles. The minimum atomic E-state index is -0.992. The molecule has 1 N–H and O–H groups in total. The molecule has 0 radical (unpaired) electrons. The maximum Gasteiger partial charge on any atom is 0.186 e. The zero-order chi connectivity index (χ0) is 22.2. The average Bonchev–Trinajstić information content (AvgIpc) is 2.75. The van der Waals surface area contributed by atoms with E-state index in [4.69, 9.17) is 46.9 Å². The van der Waals surface area contributed by atoms with E-state index in [0.717, 1.165) is 11.1 Å². The summed E-state index contributed by atoms with van der Waals surface area (Å²) < 4.78 is 29.7. The van der Waals surface area contributed by atoms with E-state index in [1.54, 1.807) is 38.1 Å². The van der Waals surface area contributed by atoms with Crippen molar-refractivity contribution in [3.63, 3.8) is 0 Å². The van der Waals surface area contributed by atoms with Crippen molar-refractivity contribution in [2.45, 2.75) is 56.4 Å². The summed E-state index contributed by atoms with van der Waals surface area (Å²) in [6.07, 6.45) is -4.19. The molecule has 0 amide bonds. The molecule has 0 aromatic heterocycles. The molecule has 0 spiro atoms. The van der Waals surface area contributed by atoms with Gasteiger partial charge in [-0.05, 0) is 49.2 Å². The Morgan fingerprint density at radius 2 is 1.55 bits per heavy atom. The number of methoxy groups -OCH3 is 1. The molecule has 2 aromatic rings. The molecule has 4 rings (SSSR count). The van der Waals surface area contributed by atoms with Gasteiger partial charge in [0.2, 0.25) is 0 Å². The van der Waals surface area contributed by atoms with E-state index in [2.05, 4.69) is 0 Å². The molecule has 168 valence electrons. The van der Waals surface area contributed by atoms with Crippen molar-refractivity contribution in [3.8, 4) is 0 Å². The van der Waals surface area contributed by atoms with Crippen LogP contribution >= 0.6 is 23.2 Å². The van der Waals surface area contributed by atoms with Crippen LogP contribution < -0.4 is 0 Å². The van der Waals surface area contributed by atoms with Crippen LogP contribution in [0.25, 0.3) is 0 Å². The maximum absolute atomic E-state index is 11.2. The molecule has 2 aromatic carbocycles. The molecule has 0 aliphatic carbocycles. The van der Waals surface area contributed by atoms with Gasteiger partial charge in [-0.15, -0.1) is 0 Å². The molecule has 5 atom stereocenters. The Morgan fingerprint density at radius 1 is 1.00 bits per heavy atom. The summed E-state index contributed by atoms with van der Waals surface area (Å²) in [5.74, 6) is -0.832. The van der Waals surface area contributed by atoms with Crippen molar-refractivity contribution in [2.75, 3.05) is 13.7 Å². The van der Waals surface area contributed by atoms with Gasteiger partial charge in [0.05, 0.1) is 6.61 Å².